The number of rotatable bonds is 4. The molecule has 80 valence electrons. The topological polar surface area (TPSA) is 46.5 Å². The van der Waals surface area contributed by atoms with Crippen LogP contribution in [-0.4, -0.2) is 18.2 Å². The second kappa shape index (κ2) is 5.46. The molecular weight excluding hydrogens is 212 g/mol. The molecule has 0 radical (unpaired) electrons. The van der Waals surface area contributed by atoms with Crippen LogP contribution in [0.25, 0.3) is 0 Å². The van der Waals surface area contributed by atoms with Crippen molar-refractivity contribution in [3.63, 3.8) is 0 Å². The maximum absolute atomic E-state index is 10.4. The van der Waals surface area contributed by atoms with Gasteiger partial charge in [0.15, 0.2) is 0 Å². The Labute approximate surface area is 92.8 Å². The number of hydrogen-bond acceptors (Lipinski definition) is 3. The van der Waals surface area contributed by atoms with E-state index in [1.165, 1.54) is 17.8 Å². The van der Waals surface area contributed by atoms with E-state index < -0.39 is 5.97 Å². The first-order valence-electron chi connectivity index (χ1n) is 4.35. The zero-order valence-corrected chi connectivity index (χ0v) is 9.38. The summed E-state index contributed by atoms with van der Waals surface area (Å²) in [6.07, 6.45) is 1.19. The van der Waals surface area contributed by atoms with Crippen molar-refractivity contribution >= 4 is 17.7 Å². The zero-order chi connectivity index (χ0) is 11.3. The zero-order valence-electron chi connectivity index (χ0n) is 8.56. The molecule has 0 amide bonds. The maximum atomic E-state index is 10.4. The van der Waals surface area contributed by atoms with Crippen molar-refractivity contribution in [3.05, 3.63) is 35.2 Å². The molecule has 0 unspecified atom stereocenters. The van der Waals surface area contributed by atoms with E-state index in [2.05, 4.69) is 0 Å². The van der Waals surface area contributed by atoms with Gasteiger partial charge in [-0.2, -0.15) is 0 Å². The molecule has 3 nitrogen and oxygen atoms in total. The van der Waals surface area contributed by atoms with Crippen LogP contribution in [0.1, 0.15) is 6.92 Å². The van der Waals surface area contributed by atoms with Gasteiger partial charge in [-0.1, -0.05) is 11.8 Å². The second-order valence-corrected chi connectivity index (χ2v) is 4.19. The van der Waals surface area contributed by atoms with Crippen molar-refractivity contribution in [2.75, 3.05) is 7.11 Å². The van der Waals surface area contributed by atoms with Gasteiger partial charge in [-0.3, -0.25) is 0 Å². The predicted octanol–water partition coefficient (Wildman–Crippen LogP) is 2.78. The molecule has 0 aliphatic carbocycles. The van der Waals surface area contributed by atoms with Crippen LogP contribution in [0.2, 0.25) is 0 Å². The van der Waals surface area contributed by atoms with Gasteiger partial charge in [0, 0.05) is 11.0 Å². The molecule has 1 rings (SSSR count). The van der Waals surface area contributed by atoms with Gasteiger partial charge in [0.1, 0.15) is 5.75 Å². The Morgan fingerprint density at radius 1 is 1.40 bits per heavy atom. The molecule has 1 aromatic rings. The molecule has 0 saturated carbocycles. The molecule has 1 aromatic carbocycles. The maximum Gasteiger partial charge on any atom is 0.329 e. The molecule has 0 heterocycles. The number of carboxylic acids is 1. The number of benzene rings is 1. The first-order chi connectivity index (χ1) is 7.11. The van der Waals surface area contributed by atoms with Crippen molar-refractivity contribution in [2.45, 2.75) is 11.8 Å². The van der Waals surface area contributed by atoms with Gasteiger partial charge in [-0.25, -0.2) is 4.79 Å². The molecule has 0 aliphatic rings. The van der Waals surface area contributed by atoms with E-state index >= 15 is 0 Å². The molecule has 0 fully saturated rings. The number of carbonyl (C=O) groups is 1. The Morgan fingerprint density at radius 3 is 2.47 bits per heavy atom. The van der Waals surface area contributed by atoms with E-state index in [9.17, 15) is 4.79 Å². The van der Waals surface area contributed by atoms with Crippen LogP contribution in [0.5, 0.6) is 5.75 Å². The Hall–Kier alpha value is -1.42. The summed E-state index contributed by atoms with van der Waals surface area (Å²) in [5.74, 6) is -0.132. The number of aliphatic carboxylic acids is 1. The molecule has 0 aliphatic heterocycles. The van der Waals surface area contributed by atoms with Gasteiger partial charge >= 0.3 is 5.97 Å². The van der Waals surface area contributed by atoms with E-state index in [4.69, 9.17) is 9.84 Å². The summed E-state index contributed by atoms with van der Waals surface area (Å²) in [5.41, 5.74) is 0. The van der Waals surface area contributed by atoms with Gasteiger partial charge in [-0.05, 0) is 36.1 Å². The molecule has 0 bridgehead atoms. The van der Waals surface area contributed by atoms with Gasteiger partial charge in [0.25, 0.3) is 0 Å². The van der Waals surface area contributed by atoms with Crippen molar-refractivity contribution in [3.8, 4) is 5.75 Å². The minimum absolute atomic E-state index is 0.743. The summed E-state index contributed by atoms with van der Waals surface area (Å²) >= 11 is 1.42. The lowest BCUT2D eigenvalue weighted by Crippen LogP contribution is -1.87. The lowest BCUT2D eigenvalue weighted by atomic mass is 10.3. The monoisotopic (exact) mass is 224 g/mol. The number of carboxylic acid groups (broad SMARTS) is 1. The summed E-state index contributed by atoms with van der Waals surface area (Å²) in [7, 11) is 1.61. The number of hydrogen-bond donors (Lipinski definition) is 1. The SMILES string of the molecule is COc1ccc(S/C(C)=C/C(=O)O)cc1. The highest BCUT2D eigenvalue weighted by Crippen LogP contribution is 2.27. The first kappa shape index (κ1) is 11.7. The van der Waals surface area contributed by atoms with Crippen LogP contribution < -0.4 is 4.74 Å². The standard InChI is InChI=1S/C11H12O3S/c1-8(7-11(12)13)15-10-5-3-9(14-2)4-6-10/h3-7H,1-2H3,(H,12,13)/b8-7+. The molecule has 0 saturated heterocycles. The van der Waals surface area contributed by atoms with E-state index in [0.717, 1.165) is 15.6 Å². The fraction of sp³-hybridized carbons (Fsp3) is 0.182. The van der Waals surface area contributed by atoms with Crippen LogP contribution >= 0.6 is 11.8 Å². The van der Waals surface area contributed by atoms with Crippen molar-refractivity contribution in [1.82, 2.24) is 0 Å². The summed E-state index contributed by atoms with van der Waals surface area (Å²) < 4.78 is 5.02. The van der Waals surface area contributed by atoms with Crippen LogP contribution in [0.4, 0.5) is 0 Å². The summed E-state index contributed by atoms with van der Waals surface area (Å²) in [4.78, 5) is 12.1. The highest BCUT2D eigenvalue weighted by Gasteiger charge is 1.98. The third kappa shape index (κ3) is 4.08. The largest absolute Gasteiger partial charge is 0.497 e. The quantitative estimate of drug-likeness (QED) is 0.631. The lowest BCUT2D eigenvalue weighted by molar-refractivity contribution is -0.131. The molecule has 0 atom stereocenters. The Bertz CT molecular complexity index is 368. The molecule has 1 N–H and O–H groups in total. The highest BCUT2D eigenvalue weighted by atomic mass is 32.2. The number of ether oxygens (including phenoxy) is 1. The highest BCUT2D eigenvalue weighted by molar-refractivity contribution is 8.03. The number of methoxy groups -OCH3 is 1. The van der Waals surface area contributed by atoms with E-state index in [0.29, 0.717) is 0 Å². The third-order valence-corrected chi connectivity index (χ3v) is 2.61. The Kier molecular flexibility index (Phi) is 4.24. The van der Waals surface area contributed by atoms with Gasteiger partial charge in [0.05, 0.1) is 7.11 Å². The fourth-order valence-electron chi connectivity index (χ4n) is 1.03. The minimum atomic E-state index is -0.923. The first-order valence-corrected chi connectivity index (χ1v) is 5.16. The lowest BCUT2D eigenvalue weighted by Gasteiger charge is -2.02. The number of allylic oxidation sites excluding steroid dienone is 1. The molecule has 15 heavy (non-hydrogen) atoms. The smallest absolute Gasteiger partial charge is 0.329 e. The van der Waals surface area contributed by atoms with Crippen LogP contribution in [0.3, 0.4) is 0 Å². The second-order valence-electron chi connectivity index (χ2n) is 2.87. The average Bonchev–Trinajstić information content (AvgIpc) is 2.17. The van der Waals surface area contributed by atoms with Crippen LogP contribution in [-0.2, 0) is 4.79 Å². The minimum Gasteiger partial charge on any atom is -0.497 e. The van der Waals surface area contributed by atoms with E-state index in [-0.39, 0.29) is 0 Å². The van der Waals surface area contributed by atoms with Crippen molar-refractivity contribution in [2.24, 2.45) is 0 Å². The molecule has 0 spiro atoms. The predicted molar refractivity (Wildman–Crippen MR) is 60.2 cm³/mol. The average molecular weight is 224 g/mol. The van der Waals surface area contributed by atoms with Gasteiger partial charge < -0.3 is 9.84 Å². The number of thioether (sulfide) groups is 1. The van der Waals surface area contributed by atoms with Gasteiger partial charge in [-0.15, -0.1) is 0 Å². The fourth-order valence-corrected chi connectivity index (χ4v) is 1.84. The Morgan fingerprint density at radius 2 is 2.00 bits per heavy atom. The van der Waals surface area contributed by atoms with E-state index in [1.807, 2.05) is 24.3 Å². The summed E-state index contributed by atoms with van der Waals surface area (Å²) in [6.45, 7) is 1.77. The molecule has 4 heteroatoms. The Balaban J connectivity index is 2.69. The summed E-state index contributed by atoms with van der Waals surface area (Å²) in [6, 6.07) is 7.47. The van der Waals surface area contributed by atoms with Crippen LogP contribution in [0, 0.1) is 0 Å². The normalized spacial score (nSPS) is 11.2. The van der Waals surface area contributed by atoms with E-state index in [1.54, 1.807) is 14.0 Å². The van der Waals surface area contributed by atoms with Crippen molar-refractivity contribution in [1.29, 1.82) is 0 Å². The van der Waals surface area contributed by atoms with Crippen molar-refractivity contribution < 1.29 is 14.6 Å². The van der Waals surface area contributed by atoms with Crippen LogP contribution in [0.15, 0.2) is 40.1 Å². The molecular formula is C11H12O3S. The summed E-state index contributed by atoms with van der Waals surface area (Å²) in [5, 5.41) is 8.53. The molecule has 0 aromatic heterocycles. The third-order valence-electron chi connectivity index (χ3n) is 1.67. The van der Waals surface area contributed by atoms with Gasteiger partial charge in [0.2, 0.25) is 0 Å².